The summed E-state index contributed by atoms with van der Waals surface area (Å²) in [6.07, 6.45) is -4.68. The topological polar surface area (TPSA) is 59.0 Å². The summed E-state index contributed by atoms with van der Waals surface area (Å²) >= 11 is 0. The zero-order valence-electron chi connectivity index (χ0n) is 8.37. The van der Waals surface area contributed by atoms with E-state index in [9.17, 15) is 18.0 Å². The lowest BCUT2D eigenvalue weighted by Gasteiger charge is -2.32. The van der Waals surface area contributed by atoms with Gasteiger partial charge in [-0.3, -0.25) is 14.4 Å². The van der Waals surface area contributed by atoms with Gasteiger partial charge >= 0.3 is 12.3 Å². The Balaban J connectivity index is 2.36. The smallest absolute Gasteiger partial charge is 0.480 e. The van der Waals surface area contributed by atoms with Gasteiger partial charge in [0.1, 0.15) is 6.04 Å². The molecule has 0 saturated carbocycles. The van der Waals surface area contributed by atoms with Crippen molar-refractivity contribution in [2.45, 2.75) is 12.4 Å². The molecule has 0 spiro atoms. The van der Waals surface area contributed by atoms with E-state index < -0.39 is 25.0 Å². The fraction of sp³-hybridized carbons (Fsp3) is 0.875. The predicted octanol–water partition coefficient (Wildman–Crippen LogP) is 0.308. The van der Waals surface area contributed by atoms with Gasteiger partial charge in [0.05, 0.1) is 19.8 Å². The molecule has 0 aromatic heterocycles. The highest BCUT2D eigenvalue weighted by atomic mass is 19.4. The molecule has 1 fully saturated rings. The van der Waals surface area contributed by atoms with Crippen LogP contribution in [-0.2, 0) is 14.3 Å². The zero-order valence-corrected chi connectivity index (χ0v) is 8.37. The first-order chi connectivity index (χ1) is 7.40. The first-order valence-electron chi connectivity index (χ1n) is 4.65. The number of carboxylic acids is 1. The van der Waals surface area contributed by atoms with Crippen LogP contribution in [0.25, 0.3) is 0 Å². The summed E-state index contributed by atoms with van der Waals surface area (Å²) in [6, 6.07) is -0.898. The summed E-state index contributed by atoms with van der Waals surface area (Å²) in [5.41, 5.74) is 0. The largest absolute Gasteiger partial charge is 0.522 e. The van der Waals surface area contributed by atoms with Crippen molar-refractivity contribution >= 4 is 5.97 Å². The highest BCUT2D eigenvalue weighted by Crippen LogP contribution is 2.16. The number of carboxylic acid groups (broad SMARTS) is 1. The average Bonchev–Trinajstić information content (AvgIpc) is 2.16. The molecule has 1 aliphatic rings. The molecule has 16 heavy (non-hydrogen) atoms. The molecular weight excluding hydrogens is 231 g/mol. The molecule has 1 rings (SSSR count). The molecule has 0 radical (unpaired) electrons. The molecular formula is C8H12F3NO4. The minimum absolute atomic E-state index is 0.0125. The lowest BCUT2D eigenvalue weighted by molar-refractivity contribution is -0.325. The van der Waals surface area contributed by atoms with Crippen LogP contribution in [0.15, 0.2) is 0 Å². The van der Waals surface area contributed by atoms with E-state index in [1.807, 2.05) is 0 Å². The third-order valence-electron chi connectivity index (χ3n) is 2.17. The normalized spacial score (nSPS) is 23.3. The van der Waals surface area contributed by atoms with Gasteiger partial charge in [-0.25, -0.2) is 0 Å². The third-order valence-corrected chi connectivity index (χ3v) is 2.17. The van der Waals surface area contributed by atoms with Crippen molar-refractivity contribution in [3.05, 3.63) is 0 Å². The van der Waals surface area contributed by atoms with E-state index in [0.29, 0.717) is 6.61 Å². The maximum absolute atomic E-state index is 11.7. The van der Waals surface area contributed by atoms with E-state index in [2.05, 4.69) is 4.74 Å². The SMILES string of the molecule is O=C(O)C1COCCN1CCOC(F)(F)F. The van der Waals surface area contributed by atoms with E-state index >= 15 is 0 Å². The molecule has 1 N–H and O–H groups in total. The molecule has 94 valence electrons. The van der Waals surface area contributed by atoms with Crippen LogP contribution in [0.1, 0.15) is 0 Å². The van der Waals surface area contributed by atoms with Crippen molar-refractivity contribution in [1.82, 2.24) is 4.90 Å². The van der Waals surface area contributed by atoms with Gasteiger partial charge in [-0.15, -0.1) is 13.2 Å². The first kappa shape index (κ1) is 13.2. The molecule has 1 saturated heterocycles. The molecule has 0 aliphatic carbocycles. The van der Waals surface area contributed by atoms with Crippen LogP contribution in [0, 0.1) is 0 Å². The Kier molecular flexibility index (Phi) is 4.51. The first-order valence-corrected chi connectivity index (χ1v) is 4.65. The monoisotopic (exact) mass is 243 g/mol. The third kappa shape index (κ3) is 4.33. The van der Waals surface area contributed by atoms with Crippen molar-refractivity contribution in [2.75, 3.05) is 32.9 Å². The maximum atomic E-state index is 11.7. The lowest BCUT2D eigenvalue weighted by atomic mass is 10.2. The Morgan fingerprint density at radius 3 is 2.81 bits per heavy atom. The van der Waals surface area contributed by atoms with Crippen molar-refractivity contribution in [3.63, 3.8) is 0 Å². The highest BCUT2D eigenvalue weighted by Gasteiger charge is 2.32. The van der Waals surface area contributed by atoms with Crippen LogP contribution in [0.5, 0.6) is 0 Å². The number of nitrogens with zero attached hydrogens (tertiary/aromatic N) is 1. The van der Waals surface area contributed by atoms with Gasteiger partial charge in [0.15, 0.2) is 0 Å². The Hall–Kier alpha value is -0.860. The summed E-state index contributed by atoms with van der Waals surface area (Å²) in [7, 11) is 0. The number of aliphatic carboxylic acids is 1. The molecule has 0 bridgehead atoms. The summed E-state index contributed by atoms with van der Waals surface area (Å²) < 4.78 is 43.6. The Bertz CT molecular complexity index is 246. The quantitative estimate of drug-likeness (QED) is 0.770. The summed E-state index contributed by atoms with van der Waals surface area (Å²) in [6.45, 7) is -0.0670. The van der Waals surface area contributed by atoms with Crippen LogP contribution in [0.3, 0.4) is 0 Å². The van der Waals surface area contributed by atoms with Crippen LogP contribution in [-0.4, -0.2) is 61.3 Å². The number of hydrogen-bond acceptors (Lipinski definition) is 4. The Morgan fingerprint density at radius 1 is 1.56 bits per heavy atom. The second kappa shape index (κ2) is 5.46. The number of halogens is 3. The number of rotatable bonds is 4. The van der Waals surface area contributed by atoms with Gasteiger partial charge in [-0.2, -0.15) is 0 Å². The fourth-order valence-corrected chi connectivity index (χ4v) is 1.41. The van der Waals surface area contributed by atoms with Crippen LogP contribution in [0.2, 0.25) is 0 Å². The summed E-state index contributed by atoms with van der Waals surface area (Å²) in [5, 5.41) is 8.78. The van der Waals surface area contributed by atoms with Gasteiger partial charge < -0.3 is 9.84 Å². The molecule has 8 heteroatoms. The van der Waals surface area contributed by atoms with Gasteiger partial charge in [0.25, 0.3) is 0 Å². The molecule has 1 atom stereocenters. The van der Waals surface area contributed by atoms with Crippen molar-refractivity contribution < 1.29 is 32.5 Å². The lowest BCUT2D eigenvalue weighted by Crippen LogP contribution is -2.51. The number of ether oxygens (including phenoxy) is 2. The van der Waals surface area contributed by atoms with Gasteiger partial charge in [-0.1, -0.05) is 0 Å². The van der Waals surface area contributed by atoms with Gasteiger partial charge in [0.2, 0.25) is 0 Å². The van der Waals surface area contributed by atoms with Crippen molar-refractivity contribution in [2.24, 2.45) is 0 Å². The molecule has 1 aliphatic heterocycles. The minimum atomic E-state index is -4.68. The number of hydrogen-bond donors (Lipinski definition) is 1. The predicted molar refractivity (Wildman–Crippen MR) is 45.8 cm³/mol. The van der Waals surface area contributed by atoms with E-state index in [4.69, 9.17) is 9.84 Å². The molecule has 0 aromatic rings. The fourth-order valence-electron chi connectivity index (χ4n) is 1.41. The van der Waals surface area contributed by atoms with Crippen molar-refractivity contribution in [3.8, 4) is 0 Å². The van der Waals surface area contributed by atoms with E-state index in [1.54, 1.807) is 0 Å². The minimum Gasteiger partial charge on any atom is -0.480 e. The number of carbonyl (C=O) groups is 1. The van der Waals surface area contributed by atoms with Crippen LogP contribution in [0.4, 0.5) is 13.2 Å². The van der Waals surface area contributed by atoms with Crippen molar-refractivity contribution in [1.29, 1.82) is 0 Å². The molecule has 0 aromatic carbocycles. The standard InChI is InChI=1S/C8H12F3NO4/c9-8(10,11)16-4-2-12-1-3-15-5-6(12)7(13)14/h6H,1-5H2,(H,13,14). The Labute approximate surface area is 89.7 Å². The Morgan fingerprint density at radius 2 is 2.25 bits per heavy atom. The molecule has 1 unspecified atom stereocenters. The molecule has 5 nitrogen and oxygen atoms in total. The van der Waals surface area contributed by atoms with E-state index in [-0.39, 0.29) is 19.7 Å². The van der Waals surface area contributed by atoms with Crippen LogP contribution < -0.4 is 0 Å². The second-order valence-corrected chi connectivity index (χ2v) is 3.26. The highest BCUT2D eigenvalue weighted by molar-refractivity contribution is 5.73. The maximum Gasteiger partial charge on any atom is 0.522 e. The number of morpholine rings is 1. The summed E-state index contributed by atoms with van der Waals surface area (Å²) in [5.74, 6) is -1.10. The molecule has 0 amide bonds. The van der Waals surface area contributed by atoms with E-state index in [1.165, 1.54) is 4.90 Å². The number of alkyl halides is 3. The summed E-state index contributed by atoms with van der Waals surface area (Å²) in [4.78, 5) is 12.1. The van der Waals surface area contributed by atoms with Gasteiger partial charge in [0, 0.05) is 13.1 Å². The van der Waals surface area contributed by atoms with Gasteiger partial charge in [-0.05, 0) is 0 Å². The molecule has 1 heterocycles. The second-order valence-electron chi connectivity index (χ2n) is 3.26. The average molecular weight is 243 g/mol. The van der Waals surface area contributed by atoms with Crippen LogP contribution >= 0.6 is 0 Å². The van der Waals surface area contributed by atoms with E-state index in [0.717, 1.165) is 0 Å². The zero-order chi connectivity index (χ0) is 12.2.